The Labute approximate surface area is 183 Å². The fraction of sp³-hybridized carbons (Fsp3) is 0.286. The molecule has 0 N–H and O–H groups in total. The van der Waals surface area contributed by atoms with Crippen molar-refractivity contribution in [3.63, 3.8) is 0 Å². The molecule has 2 fully saturated rings. The van der Waals surface area contributed by atoms with Crippen LogP contribution in [0.15, 0.2) is 45.9 Å². The van der Waals surface area contributed by atoms with Gasteiger partial charge in [-0.25, -0.2) is 4.79 Å². The number of carbonyl (C=O) groups is 2. The second-order valence-corrected chi connectivity index (χ2v) is 8.38. The monoisotopic (exact) mass is 445 g/mol. The van der Waals surface area contributed by atoms with Gasteiger partial charge in [-0.05, 0) is 48.7 Å². The molecule has 0 bridgehead atoms. The Morgan fingerprint density at radius 1 is 1.37 bits per heavy atom. The summed E-state index contributed by atoms with van der Waals surface area (Å²) in [5.41, 5.74) is 0.724. The first-order chi connectivity index (χ1) is 14.5. The van der Waals surface area contributed by atoms with Gasteiger partial charge < -0.3 is 18.6 Å². The minimum atomic E-state index is -0.624. The number of rotatable bonds is 6. The Balaban J connectivity index is 1.49. The summed E-state index contributed by atoms with van der Waals surface area (Å²) in [5.74, 6) is -0.0506. The number of carbonyl (C=O) groups excluding carboxylic acids is 2. The molecular weight excluding hydrogens is 426 g/mol. The second-order valence-electron chi connectivity index (χ2n) is 6.70. The molecule has 2 aliphatic heterocycles. The highest BCUT2D eigenvalue weighted by atomic mass is 32.2. The number of ether oxygens (including phenoxy) is 3. The van der Waals surface area contributed by atoms with Crippen LogP contribution in [0.1, 0.15) is 29.0 Å². The van der Waals surface area contributed by atoms with Crippen molar-refractivity contribution in [3.05, 3.63) is 52.8 Å². The smallest absolute Gasteiger partial charge is 0.379 e. The molecule has 1 amide bonds. The van der Waals surface area contributed by atoms with E-state index in [2.05, 4.69) is 0 Å². The van der Waals surface area contributed by atoms with Crippen LogP contribution in [0.25, 0.3) is 6.08 Å². The largest absolute Gasteiger partial charge is 0.493 e. The number of amides is 1. The van der Waals surface area contributed by atoms with Crippen molar-refractivity contribution < 1.29 is 28.2 Å². The van der Waals surface area contributed by atoms with Gasteiger partial charge in [0.15, 0.2) is 11.5 Å². The SMILES string of the molecule is COc1cc(/C=C2/SC(=S)N(CC3CCCO3)C2=O)ccc1OC(=O)c1ccco1. The van der Waals surface area contributed by atoms with Crippen molar-refractivity contribution in [2.45, 2.75) is 18.9 Å². The lowest BCUT2D eigenvalue weighted by atomic mass is 10.1. The quantitative estimate of drug-likeness (QED) is 0.287. The Kier molecular flexibility index (Phi) is 6.21. The molecule has 4 rings (SSSR count). The second kappa shape index (κ2) is 9.03. The number of nitrogens with zero attached hydrogens (tertiary/aromatic N) is 1. The van der Waals surface area contributed by atoms with Gasteiger partial charge in [0.2, 0.25) is 5.76 Å². The van der Waals surface area contributed by atoms with Crippen LogP contribution in [0, 0.1) is 0 Å². The lowest BCUT2D eigenvalue weighted by Gasteiger charge is -2.18. The molecule has 2 saturated heterocycles. The number of furan rings is 1. The molecular formula is C21H19NO6S2. The summed E-state index contributed by atoms with van der Waals surface area (Å²) in [5, 5.41) is 0. The molecule has 1 aromatic heterocycles. The molecule has 0 spiro atoms. The zero-order valence-electron chi connectivity index (χ0n) is 16.2. The van der Waals surface area contributed by atoms with Gasteiger partial charge in [0.05, 0.1) is 30.9 Å². The van der Waals surface area contributed by atoms with E-state index in [1.165, 1.54) is 31.2 Å². The lowest BCUT2D eigenvalue weighted by molar-refractivity contribution is -0.123. The highest BCUT2D eigenvalue weighted by molar-refractivity contribution is 8.26. The molecule has 0 aliphatic carbocycles. The van der Waals surface area contributed by atoms with E-state index < -0.39 is 5.97 Å². The molecule has 2 aliphatic rings. The summed E-state index contributed by atoms with van der Waals surface area (Å²) in [6, 6.07) is 8.16. The third-order valence-corrected chi connectivity index (χ3v) is 6.07. The van der Waals surface area contributed by atoms with Gasteiger partial charge in [-0.3, -0.25) is 9.69 Å². The van der Waals surface area contributed by atoms with Crippen LogP contribution in [-0.4, -0.2) is 47.5 Å². The summed E-state index contributed by atoms with van der Waals surface area (Å²) >= 11 is 6.64. The van der Waals surface area contributed by atoms with E-state index in [1.807, 2.05) is 0 Å². The zero-order chi connectivity index (χ0) is 21.1. The van der Waals surface area contributed by atoms with Crippen molar-refractivity contribution in [3.8, 4) is 11.5 Å². The summed E-state index contributed by atoms with van der Waals surface area (Å²) in [6.45, 7) is 1.21. The van der Waals surface area contributed by atoms with Crippen LogP contribution in [0.3, 0.4) is 0 Å². The number of thiocarbonyl (C=S) groups is 1. The third-order valence-electron chi connectivity index (χ3n) is 4.69. The van der Waals surface area contributed by atoms with Crippen molar-refractivity contribution in [2.24, 2.45) is 0 Å². The van der Waals surface area contributed by atoms with Gasteiger partial charge in [0, 0.05) is 6.61 Å². The average Bonchev–Trinajstić information content (AvgIpc) is 3.49. The Morgan fingerprint density at radius 2 is 2.23 bits per heavy atom. The van der Waals surface area contributed by atoms with Crippen LogP contribution in [0.5, 0.6) is 11.5 Å². The fourth-order valence-electron chi connectivity index (χ4n) is 3.20. The Morgan fingerprint density at radius 3 is 2.93 bits per heavy atom. The zero-order valence-corrected chi connectivity index (χ0v) is 17.8. The van der Waals surface area contributed by atoms with Gasteiger partial charge in [-0.15, -0.1) is 0 Å². The van der Waals surface area contributed by atoms with Crippen molar-refractivity contribution in [2.75, 3.05) is 20.3 Å². The predicted molar refractivity (Wildman–Crippen MR) is 116 cm³/mol. The van der Waals surface area contributed by atoms with Crippen molar-refractivity contribution >= 4 is 46.3 Å². The van der Waals surface area contributed by atoms with Gasteiger partial charge in [-0.2, -0.15) is 0 Å². The van der Waals surface area contributed by atoms with E-state index in [0.29, 0.717) is 21.5 Å². The van der Waals surface area contributed by atoms with Gasteiger partial charge in [0.1, 0.15) is 4.32 Å². The van der Waals surface area contributed by atoms with Gasteiger partial charge >= 0.3 is 5.97 Å². The Bertz CT molecular complexity index is 995. The summed E-state index contributed by atoms with van der Waals surface area (Å²) < 4.78 is 21.9. The molecule has 30 heavy (non-hydrogen) atoms. The van der Waals surface area contributed by atoms with E-state index in [0.717, 1.165) is 25.0 Å². The summed E-state index contributed by atoms with van der Waals surface area (Å²) in [7, 11) is 1.48. The summed E-state index contributed by atoms with van der Waals surface area (Å²) in [4.78, 5) is 27.0. The minimum absolute atomic E-state index is 0.0371. The van der Waals surface area contributed by atoms with Crippen LogP contribution < -0.4 is 9.47 Å². The number of benzene rings is 1. The maximum absolute atomic E-state index is 12.8. The fourth-order valence-corrected chi connectivity index (χ4v) is 4.48. The Hall–Kier alpha value is -2.62. The topological polar surface area (TPSA) is 78.2 Å². The number of methoxy groups -OCH3 is 1. The van der Waals surface area contributed by atoms with Gasteiger partial charge in [0.25, 0.3) is 5.91 Å². The summed E-state index contributed by atoms with van der Waals surface area (Å²) in [6.07, 6.45) is 5.12. The third kappa shape index (κ3) is 4.43. The molecule has 7 nitrogen and oxygen atoms in total. The van der Waals surface area contributed by atoms with Crippen LogP contribution in [0.2, 0.25) is 0 Å². The first kappa shape index (κ1) is 20.6. The predicted octanol–water partition coefficient (Wildman–Crippen LogP) is 3.89. The first-order valence-corrected chi connectivity index (χ1v) is 10.6. The van der Waals surface area contributed by atoms with Crippen molar-refractivity contribution in [1.29, 1.82) is 0 Å². The molecule has 3 heterocycles. The molecule has 1 unspecified atom stereocenters. The molecule has 2 aromatic rings. The normalized spacial score (nSPS) is 20.2. The number of hydrogen-bond acceptors (Lipinski definition) is 8. The number of esters is 1. The molecule has 9 heteroatoms. The molecule has 1 aromatic carbocycles. The van der Waals surface area contributed by atoms with E-state index in [-0.39, 0.29) is 23.5 Å². The van der Waals surface area contributed by atoms with Crippen LogP contribution in [-0.2, 0) is 9.53 Å². The van der Waals surface area contributed by atoms with E-state index in [4.69, 9.17) is 30.8 Å². The lowest BCUT2D eigenvalue weighted by Crippen LogP contribution is -2.35. The van der Waals surface area contributed by atoms with Crippen LogP contribution >= 0.6 is 24.0 Å². The maximum Gasteiger partial charge on any atom is 0.379 e. The maximum atomic E-state index is 12.8. The average molecular weight is 446 g/mol. The molecule has 1 atom stereocenters. The number of hydrogen-bond donors (Lipinski definition) is 0. The van der Waals surface area contributed by atoms with E-state index in [9.17, 15) is 9.59 Å². The highest BCUT2D eigenvalue weighted by Gasteiger charge is 2.34. The highest BCUT2D eigenvalue weighted by Crippen LogP contribution is 2.35. The van der Waals surface area contributed by atoms with E-state index in [1.54, 1.807) is 35.2 Å². The standard InChI is InChI=1S/C21H19NO6S2/c1-25-17-10-13(6-7-15(17)28-20(24)16-5-3-9-27-16)11-18-19(23)22(21(29)30-18)12-14-4-2-8-26-14/h3,5-7,9-11,14H,2,4,8,12H2,1H3/b18-11+. The molecule has 156 valence electrons. The first-order valence-electron chi connectivity index (χ1n) is 9.36. The molecule has 0 radical (unpaired) electrons. The number of thioether (sulfide) groups is 1. The van der Waals surface area contributed by atoms with Gasteiger partial charge in [-0.1, -0.05) is 30.0 Å². The van der Waals surface area contributed by atoms with Crippen molar-refractivity contribution in [1.82, 2.24) is 4.90 Å². The van der Waals surface area contributed by atoms with E-state index >= 15 is 0 Å². The van der Waals surface area contributed by atoms with Crippen LogP contribution in [0.4, 0.5) is 0 Å². The molecule has 0 saturated carbocycles. The minimum Gasteiger partial charge on any atom is -0.493 e.